The minimum absolute atomic E-state index is 0.176. The van der Waals surface area contributed by atoms with E-state index in [-0.39, 0.29) is 5.82 Å². The van der Waals surface area contributed by atoms with E-state index in [1.807, 2.05) is 12.1 Å². The van der Waals surface area contributed by atoms with Crippen LogP contribution in [0.5, 0.6) is 0 Å². The molecule has 1 aromatic heterocycles. The van der Waals surface area contributed by atoms with Crippen LogP contribution in [0.3, 0.4) is 0 Å². The molecule has 2 aromatic rings. The first-order chi connectivity index (χ1) is 7.34. The molecule has 1 N–H and O–H groups in total. The smallest absolute Gasteiger partial charge is 0.123 e. The topological polar surface area (TPSA) is 12.0 Å². The van der Waals surface area contributed by atoms with Gasteiger partial charge in [0.15, 0.2) is 0 Å². The number of halogens is 1. The van der Waals surface area contributed by atoms with Gasteiger partial charge in [0.2, 0.25) is 0 Å². The third kappa shape index (κ3) is 3.15. The molecule has 0 saturated carbocycles. The molecule has 3 heteroatoms. The van der Waals surface area contributed by atoms with Crippen molar-refractivity contribution in [1.29, 1.82) is 0 Å². The number of rotatable bonds is 4. The standard InChI is InChI=1S/C12H12FNS/c13-11-4-1-3-10(7-11)8-14-9-12-5-2-6-15-12/h1-7,14H,8-9H2. The van der Waals surface area contributed by atoms with Crippen molar-refractivity contribution in [3.63, 3.8) is 0 Å². The van der Waals surface area contributed by atoms with Crippen LogP contribution in [0.1, 0.15) is 10.4 Å². The second-order valence-corrected chi connectivity index (χ2v) is 4.35. The Balaban J connectivity index is 1.83. The van der Waals surface area contributed by atoms with Crippen molar-refractivity contribution < 1.29 is 4.39 Å². The quantitative estimate of drug-likeness (QED) is 0.836. The van der Waals surface area contributed by atoms with Crippen LogP contribution in [0.15, 0.2) is 41.8 Å². The highest BCUT2D eigenvalue weighted by molar-refractivity contribution is 7.09. The van der Waals surface area contributed by atoms with Crippen LogP contribution in [0.25, 0.3) is 0 Å². The number of nitrogens with one attached hydrogen (secondary N) is 1. The number of hydrogen-bond acceptors (Lipinski definition) is 2. The Morgan fingerprint density at radius 1 is 1.13 bits per heavy atom. The number of hydrogen-bond donors (Lipinski definition) is 1. The Labute approximate surface area is 92.6 Å². The van der Waals surface area contributed by atoms with E-state index in [4.69, 9.17) is 0 Å². The lowest BCUT2D eigenvalue weighted by Crippen LogP contribution is -2.11. The lowest BCUT2D eigenvalue weighted by molar-refractivity contribution is 0.620. The first kappa shape index (κ1) is 10.3. The van der Waals surface area contributed by atoms with Crippen LogP contribution in [-0.2, 0) is 13.1 Å². The Morgan fingerprint density at radius 2 is 2.07 bits per heavy atom. The first-order valence-electron chi connectivity index (χ1n) is 4.82. The van der Waals surface area contributed by atoms with Gasteiger partial charge >= 0.3 is 0 Å². The molecule has 0 amide bonds. The molecule has 0 aliphatic rings. The molecule has 0 aliphatic carbocycles. The summed E-state index contributed by atoms with van der Waals surface area (Å²) in [5.41, 5.74) is 0.978. The van der Waals surface area contributed by atoms with Crippen LogP contribution in [0.2, 0.25) is 0 Å². The van der Waals surface area contributed by atoms with Gasteiger partial charge in [0.1, 0.15) is 5.82 Å². The Hall–Kier alpha value is -1.19. The van der Waals surface area contributed by atoms with Crippen LogP contribution in [0, 0.1) is 5.82 Å². The minimum atomic E-state index is -0.176. The van der Waals surface area contributed by atoms with Gasteiger partial charge in [0.05, 0.1) is 0 Å². The van der Waals surface area contributed by atoms with Crippen LogP contribution >= 0.6 is 11.3 Å². The van der Waals surface area contributed by atoms with Gasteiger partial charge in [0, 0.05) is 18.0 Å². The van der Waals surface area contributed by atoms with Gasteiger partial charge in [0.25, 0.3) is 0 Å². The van der Waals surface area contributed by atoms with E-state index in [2.05, 4.69) is 16.8 Å². The van der Waals surface area contributed by atoms with Crippen molar-refractivity contribution in [2.24, 2.45) is 0 Å². The van der Waals surface area contributed by atoms with Gasteiger partial charge in [-0.25, -0.2) is 4.39 Å². The maximum atomic E-state index is 12.8. The molecular formula is C12H12FNS. The van der Waals surface area contributed by atoms with E-state index in [1.165, 1.54) is 10.9 Å². The van der Waals surface area contributed by atoms with Gasteiger partial charge in [-0.15, -0.1) is 11.3 Å². The summed E-state index contributed by atoms with van der Waals surface area (Å²) in [7, 11) is 0. The molecular weight excluding hydrogens is 209 g/mol. The van der Waals surface area contributed by atoms with E-state index in [1.54, 1.807) is 23.5 Å². The molecule has 0 atom stereocenters. The maximum Gasteiger partial charge on any atom is 0.123 e. The van der Waals surface area contributed by atoms with E-state index >= 15 is 0 Å². The predicted molar refractivity (Wildman–Crippen MR) is 61.3 cm³/mol. The highest BCUT2D eigenvalue weighted by Gasteiger charge is 1.96. The molecule has 0 unspecified atom stereocenters. The molecule has 1 aromatic carbocycles. The first-order valence-corrected chi connectivity index (χ1v) is 5.70. The van der Waals surface area contributed by atoms with Crippen LogP contribution in [-0.4, -0.2) is 0 Å². The predicted octanol–water partition coefficient (Wildman–Crippen LogP) is 3.18. The molecule has 0 fully saturated rings. The van der Waals surface area contributed by atoms with Gasteiger partial charge in [-0.05, 0) is 29.1 Å². The van der Waals surface area contributed by atoms with E-state index in [0.29, 0.717) is 6.54 Å². The van der Waals surface area contributed by atoms with Crippen LogP contribution in [0.4, 0.5) is 4.39 Å². The molecule has 1 heterocycles. The van der Waals surface area contributed by atoms with Gasteiger partial charge in [-0.3, -0.25) is 0 Å². The fraction of sp³-hybridized carbons (Fsp3) is 0.167. The van der Waals surface area contributed by atoms with Gasteiger partial charge < -0.3 is 5.32 Å². The third-order valence-corrected chi connectivity index (χ3v) is 2.97. The fourth-order valence-corrected chi connectivity index (χ4v) is 2.06. The summed E-state index contributed by atoms with van der Waals surface area (Å²) in [5, 5.41) is 5.33. The van der Waals surface area contributed by atoms with Gasteiger partial charge in [-0.1, -0.05) is 18.2 Å². The molecule has 0 radical (unpaired) electrons. The summed E-state index contributed by atoms with van der Waals surface area (Å²) in [6.45, 7) is 1.55. The summed E-state index contributed by atoms with van der Waals surface area (Å²) < 4.78 is 12.8. The zero-order chi connectivity index (χ0) is 10.5. The van der Waals surface area contributed by atoms with Crippen molar-refractivity contribution in [2.75, 3.05) is 0 Å². The lowest BCUT2D eigenvalue weighted by atomic mass is 10.2. The summed E-state index contributed by atoms with van der Waals surface area (Å²) in [6.07, 6.45) is 0. The van der Waals surface area contributed by atoms with Crippen molar-refractivity contribution in [2.45, 2.75) is 13.1 Å². The zero-order valence-corrected chi connectivity index (χ0v) is 9.06. The molecule has 0 bridgehead atoms. The summed E-state index contributed by atoms with van der Waals surface area (Å²) in [6, 6.07) is 10.8. The highest BCUT2D eigenvalue weighted by Crippen LogP contribution is 2.08. The molecule has 0 saturated heterocycles. The number of benzene rings is 1. The third-order valence-electron chi connectivity index (χ3n) is 2.10. The number of thiophene rings is 1. The molecule has 78 valence electrons. The maximum absolute atomic E-state index is 12.8. The molecule has 15 heavy (non-hydrogen) atoms. The SMILES string of the molecule is Fc1cccc(CNCc2cccs2)c1. The van der Waals surface area contributed by atoms with E-state index in [9.17, 15) is 4.39 Å². The summed E-state index contributed by atoms with van der Waals surface area (Å²) in [4.78, 5) is 1.30. The largest absolute Gasteiger partial charge is 0.308 e. The second kappa shape index (κ2) is 5.05. The second-order valence-electron chi connectivity index (χ2n) is 3.31. The van der Waals surface area contributed by atoms with Gasteiger partial charge in [-0.2, -0.15) is 0 Å². The molecule has 1 nitrogen and oxygen atoms in total. The Morgan fingerprint density at radius 3 is 2.80 bits per heavy atom. The normalized spacial score (nSPS) is 10.5. The lowest BCUT2D eigenvalue weighted by Gasteiger charge is -2.03. The summed E-state index contributed by atoms with van der Waals surface area (Å²) in [5.74, 6) is -0.176. The molecule has 0 aliphatic heterocycles. The monoisotopic (exact) mass is 221 g/mol. The Kier molecular flexibility index (Phi) is 3.48. The average molecular weight is 221 g/mol. The molecule has 2 rings (SSSR count). The van der Waals surface area contributed by atoms with Crippen molar-refractivity contribution in [3.05, 3.63) is 58.0 Å². The summed E-state index contributed by atoms with van der Waals surface area (Å²) >= 11 is 1.72. The fourth-order valence-electron chi connectivity index (χ4n) is 1.39. The Bertz CT molecular complexity index is 411. The van der Waals surface area contributed by atoms with Crippen LogP contribution < -0.4 is 5.32 Å². The van der Waals surface area contributed by atoms with E-state index < -0.39 is 0 Å². The van der Waals surface area contributed by atoms with Crippen molar-refractivity contribution in [3.8, 4) is 0 Å². The average Bonchev–Trinajstić information content (AvgIpc) is 2.71. The van der Waals surface area contributed by atoms with Crippen molar-refractivity contribution >= 4 is 11.3 Å². The minimum Gasteiger partial charge on any atom is -0.308 e. The highest BCUT2D eigenvalue weighted by atomic mass is 32.1. The molecule has 0 spiro atoms. The van der Waals surface area contributed by atoms with E-state index in [0.717, 1.165) is 12.1 Å². The van der Waals surface area contributed by atoms with Crippen molar-refractivity contribution in [1.82, 2.24) is 5.32 Å². The zero-order valence-electron chi connectivity index (χ0n) is 8.24.